The Bertz CT molecular complexity index is 964. The number of carbonyl (C=O) groups excluding carboxylic acids is 1. The quantitative estimate of drug-likeness (QED) is 0.665. The van der Waals surface area contributed by atoms with E-state index < -0.39 is 0 Å². The van der Waals surface area contributed by atoms with Crippen LogP contribution in [-0.4, -0.2) is 40.4 Å². The maximum atomic E-state index is 12.4. The second kappa shape index (κ2) is 7.89. The van der Waals surface area contributed by atoms with E-state index in [0.717, 1.165) is 31.6 Å². The van der Waals surface area contributed by atoms with Gasteiger partial charge in [-0.3, -0.25) is 9.69 Å². The number of benzene rings is 1. The first-order valence-electron chi connectivity index (χ1n) is 9.00. The van der Waals surface area contributed by atoms with Gasteiger partial charge in [0.15, 0.2) is 0 Å². The SMILES string of the molecule is O=C(CN1CCC(c2c[nH]c3ncccc23)CC1)Nc1cccc(Cl)c1Cl. The van der Waals surface area contributed by atoms with E-state index in [0.29, 0.717) is 28.2 Å². The number of amides is 1. The third-order valence-electron chi connectivity index (χ3n) is 5.10. The number of rotatable bonds is 4. The Hall–Kier alpha value is -2.08. The van der Waals surface area contributed by atoms with Gasteiger partial charge in [-0.1, -0.05) is 29.3 Å². The lowest BCUT2D eigenvalue weighted by Crippen LogP contribution is -2.38. The number of nitrogens with one attached hydrogen (secondary N) is 2. The van der Waals surface area contributed by atoms with Crippen LogP contribution in [-0.2, 0) is 4.79 Å². The standard InChI is InChI=1S/C20H20Cl2N4O/c21-16-4-1-5-17(19(16)22)25-18(27)12-26-9-6-13(7-10-26)15-11-24-20-14(15)3-2-8-23-20/h1-5,8,11,13H,6-7,9-10,12H2,(H,23,24)(H,25,27). The molecule has 3 aromatic rings. The molecule has 0 atom stereocenters. The molecule has 2 aromatic heterocycles. The van der Waals surface area contributed by atoms with Crippen molar-refractivity contribution in [2.45, 2.75) is 18.8 Å². The molecule has 0 unspecified atom stereocenters. The fourth-order valence-electron chi connectivity index (χ4n) is 3.71. The van der Waals surface area contributed by atoms with Gasteiger partial charge in [0.1, 0.15) is 5.65 Å². The molecule has 2 N–H and O–H groups in total. The Kier molecular flexibility index (Phi) is 5.34. The first-order valence-corrected chi connectivity index (χ1v) is 9.75. The lowest BCUT2D eigenvalue weighted by atomic mass is 9.89. The van der Waals surface area contributed by atoms with Gasteiger partial charge in [-0.05, 0) is 61.7 Å². The predicted octanol–water partition coefficient (Wildman–Crippen LogP) is 4.69. The molecule has 0 spiro atoms. The second-order valence-corrected chi connectivity index (χ2v) is 7.63. The fraction of sp³-hybridized carbons (Fsp3) is 0.300. The third kappa shape index (κ3) is 3.95. The van der Waals surface area contributed by atoms with Crippen molar-refractivity contribution in [2.24, 2.45) is 0 Å². The van der Waals surface area contributed by atoms with Crippen LogP contribution in [0.1, 0.15) is 24.3 Å². The fourth-order valence-corrected chi connectivity index (χ4v) is 4.06. The molecule has 1 aromatic carbocycles. The molecule has 1 amide bonds. The highest BCUT2D eigenvalue weighted by Crippen LogP contribution is 2.33. The number of hydrogen-bond acceptors (Lipinski definition) is 3. The molecule has 1 fully saturated rings. The summed E-state index contributed by atoms with van der Waals surface area (Å²) in [6, 6.07) is 9.31. The van der Waals surface area contributed by atoms with E-state index >= 15 is 0 Å². The van der Waals surface area contributed by atoms with E-state index in [1.165, 1.54) is 10.9 Å². The minimum Gasteiger partial charge on any atom is -0.346 e. The summed E-state index contributed by atoms with van der Waals surface area (Å²) in [5, 5.41) is 4.86. The molecule has 7 heteroatoms. The van der Waals surface area contributed by atoms with Crippen LogP contribution in [0.4, 0.5) is 5.69 Å². The van der Waals surface area contributed by atoms with Gasteiger partial charge in [-0.25, -0.2) is 4.98 Å². The average Bonchev–Trinajstić information content (AvgIpc) is 3.10. The highest BCUT2D eigenvalue weighted by Gasteiger charge is 2.24. The van der Waals surface area contributed by atoms with Crippen molar-refractivity contribution in [2.75, 3.05) is 25.0 Å². The van der Waals surface area contributed by atoms with Gasteiger partial charge in [0.05, 0.1) is 22.3 Å². The van der Waals surface area contributed by atoms with E-state index in [-0.39, 0.29) is 5.91 Å². The summed E-state index contributed by atoms with van der Waals surface area (Å²) in [5.74, 6) is 0.415. The van der Waals surface area contributed by atoms with Gasteiger partial charge < -0.3 is 10.3 Å². The molecule has 0 aliphatic carbocycles. The minimum atomic E-state index is -0.0751. The van der Waals surface area contributed by atoms with Crippen molar-refractivity contribution in [1.29, 1.82) is 0 Å². The van der Waals surface area contributed by atoms with Crippen LogP contribution in [0.25, 0.3) is 11.0 Å². The Morgan fingerprint density at radius 2 is 2.04 bits per heavy atom. The zero-order valence-electron chi connectivity index (χ0n) is 14.7. The number of hydrogen-bond donors (Lipinski definition) is 2. The molecule has 0 bridgehead atoms. The number of H-pyrrole nitrogens is 1. The van der Waals surface area contributed by atoms with Crippen molar-refractivity contribution < 1.29 is 4.79 Å². The maximum absolute atomic E-state index is 12.4. The molecular formula is C20H20Cl2N4O. The summed E-state index contributed by atoms with van der Waals surface area (Å²) in [5.41, 5.74) is 2.82. The Morgan fingerprint density at radius 3 is 2.85 bits per heavy atom. The number of pyridine rings is 1. The summed E-state index contributed by atoms with van der Waals surface area (Å²) in [6.45, 7) is 2.12. The van der Waals surface area contributed by atoms with Gasteiger partial charge in [0, 0.05) is 17.8 Å². The zero-order valence-corrected chi connectivity index (χ0v) is 16.2. The molecule has 27 heavy (non-hydrogen) atoms. The number of aromatic nitrogens is 2. The molecule has 0 saturated carbocycles. The number of aromatic amines is 1. The van der Waals surface area contributed by atoms with Crippen LogP contribution in [0.5, 0.6) is 0 Å². The third-order valence-corrected chi connectivity index (χ3v) is 5.92. The maximum Gasteiger partial charge on any atom is 0.238 e. The van der Waals surface area contributed by atoms with E-state index in [1.54, 1.807) is 24.4 Å². The number of likely N-dealkylation sites (tertiary alicyclic amines) is 1. The van der Waals surface area contributed by atoms with Crippen molar-refractivity contribution in [3.63, 3.8) is 0 Å². The smallest absolute Gasteiger partial charge is 0.238 e. The predicted molar refractivity (Wildman–Crippen MR) is 110 cm³/mol. The average molecular weight is 403 g/mol. The van der Waals surface area contributed by atoms with Gasteiger partial charge in [-0.2, -0.15) is 0 Å². The summed E-state index contributed by atoms with van der Waals surface area (Å²) in [6.07, 6.45) is 5.92. The Labute approximate surface area is 167 Å². The molecule has 1 saturated heterocycles. The monoisotopic (exact) mass is 402 g/mol. The van der Waals surface area contributed by atoms with Crippen LogP contribution in [0.3, 0.4) is 0 Å². The number of anilines is 1. The molecule has 1 aliphatic rings. The van der Waals surface area contributed by atoms with Crippen LogP contribution >= 0.6 is 23.2 Å². The van der Waals surface area contributed by atoms with Gasteiger partial charge >= 0.3 is 0 Å². The van der Waals surface area contributed by atoms with Crippen LogP contribution in [0.2, 0.25) is 10.0 Å². The van der Waals surface area contributed by atoms with Crippen LogP contribution in [0, 0.1) is 0 Å². The molecular weight excluding hydrogens is 383 g/mol. The number of halogens is 2. The number of carbonyl (C=O) groups is 1. The highest BCUT2D eigenvalue weighted by atomic mass is 35.5. The van der Waals surface area contributed by atoms with Gasteiger partial charge in [0.2, 0.25) is 5.91 Å². The number of nitrogens with zero attached hydrogens (tertiary/aromatic N) is 2. The van der Waals surface area contributed by atoms with Crippen molar-refractivity contribution >= 4 is 45.8 Å². The molecule has 1 aliphatic heterocycles. The minimum absolute atomic E-state index is 0.0751. The van der Waals surface area contributed by atoms with E-state index in [1.807, 2.05) is 6.07 Å². The van der Waals surface area contributed by atoms with Crippen LogP contribution in [0.15, 0.2) is 42.7 Å². The topological polar surface area (TPSA) is 61.0 Å². The molecule has 0 radical (unpaired) electrons. The Balaban J connectivity index is 1.34. The van der Waals surface area contributed by atoms with E-state index in [4.69, 9.17) is 23.2 Å². The number of fused-ring (bicyclic) bond motifs is 1. The van der Waals surface area contributed by atoms with Crippen molar-refractivity contribution in [3.8, 4) is 0 Å². The molecule has 5 nitrogen and oxygen atoms in total. The molecule has 3 heterocycles. The molecule has 4 rings (SSSR count). The highest BCUT2D eigenvalue weighted by molar-refractivity contribution is 6.44. The second-order valence-electron chi connectivity index (χ2n) is 6.84. The first-order chi connectivity index (χ1) is 13.1. The normalized spacial score (nSPS) is 15.9. The summed E-state index contributed by atoms with van der Waals surface area (Å²) < 4.78 is 0. The van der Waals surface area contributed by atoms with Gasteiger partial charge in [-0.15, -0.1) is 0 Å². The Morgan fingerprint density at radius 1 is 1.22 bits per heavy atom. The first kappa shape index (κ1) is 18.3. The van der Waals surface area contributed by atoms with E-state index in [2.05, 4.69) is 32.4 Å². The van der Waals surface area contributed by atoms with Gasteiger partial charge in [0.25, 0.3) is 0 Å². The van der Waals surface area contributed by atoms with Crippen LogP contribution < -0.4 is 5.32 Å². The number of piperidine rings is 1. The summed E-state index contributed by atoms with van der Waals surface area (Å²) in [4.78, 5) is 22.2. The van der Waals surface area contributed by atoms with E-state index in [9.17, 15) is 4.79 Å². The molecule has 140 valence electrons. The summed E-state index contributed by atoms with van der Waals surface area (Å²) in [7, 11) is 0. The zero-order chi connectivity index (χ0) is 18.8. The lowest BCUT2D eigenvalue weighted by Gasteiger charge is -2.31. The largest absolute Gasteiger partial charge is 0.346 e. The summed E-state index contributed by atoms with van der Waals surface area (Å²) >= 11 is 12.1. The van der Waals surface area contributed by atoms with Crippen molar-refractivity contribution in [3.05, 3.63) is 58.3 Å². The van der Waals surface area contributed by atoms with Crippen molar-refractivity contribution in [1.82, 2.24) is 14.9 Å². The lowest BCUT2D eigenvalue weighted by molar-refractivity contribution is -0.117.